The van der Waals surface area contributed by atoms with E-state index in [4.69, 9.17) is 10.5 Å². The molecule has 3 rings (SSSR count). The van der Waals surface area contributed by atoms with E-state index in [1.165, 1.54) is 25.7 Å². The lowest BCUT2D eigenvalue weighted by Gasteiger charge is -2.42. The average molecular weight is 308 g/mol. The molecule has 1 amide bonds. The van der Waals surface area contributed by atoms with Gasteiger partial charge < -0.3 is 15.4 Å². The van der Waals surface area contributed by atoms with Gasteiger partial charge in [-0.1, -0.05) is 25.7 Å². The molecule has 0 spiro atoms. The molecule has 4 nitrogen and oxygen atoms in total. The van der Waals surface area contributed by atoms with E-state index < -0.39 is 0 Å². The summed E-state index contributed by atoms with van der Waals surface area (Å²) in [6, 6.07) is 0. The second kappa shape index (κ2) is 6.88. The van der Waals surface area contributed by atoms with Gasteiger partial charge in [0.1, 0.15) is 0 Å². The summed E-state index contributed by atoms with van der Waals surface area (Å²) < 4.78 is 6.20. The normalized spacial score (nSPS) is 35.0. The maximum atomic E-state index is 12.8. The summed E-state index contributed by atoms with van der Waals surface area (Å²) in [7, 11) is 0. The number of likely N-dealkylation sites (tertiary alicyclic amines) is 1. The SMILES string of the molecule is CC1(N)CCCCC1C(=O)N1CCC(OC2CCCC2)CC1. The van der Waals surface area contributed by atoms with Gasteiger partial charge in [0.2, 0.25) is 5.91 Å². The molecular weight excluding hydrogens is 276 g/mol. The maximum Gasteiger partial charge on any atom is 0.227 e. The van der Waals surface area contributed by atoms with Crippen LogP contribution in [0.25, 0.3) is 0 Å². The molecule has 2 saturated carbocycles. The van der Waals surface area contributed by atoms with Crippen molar-refractivity contribution in [2.75, 3.05) is 13.1 Å². The summed E-state index contributed by atoms with van der Waals surface area (Å²) in [5, 5.41) is 0. The van der Waals surface area contributed by atoms with Crippen molar-refractivity contribution in [3.63, 3.8) is 0 Å². The van der Waals surface area contributed by atoms with Gasteiger partial charge in [-0.2, -0.15) is 0 Å². The van der Waals surface area contributed by atoms with Crippen LogP contribution in [-0.4, -0.2) is 41.6 Å². The monoisotopic (exact) mass is 308 g/mol. The second-order valence-electron chi connectivity index (χ2n) is 7.87. The lowest BCUT2D eigenvalue weighted by atomic mass is 9.74. The number of hydrogen-bond acceptors (Lipinski definition) is 3. The van der Waals surface area contributed by atoms with Gasteiger partial charge >= 0.3 is 0 Å². The van der Waals surface area contributed by atoms with Crippen molar-refractivity contribution < 1.29 is 9.53 Å². The lowest BCUT2D eigenvalue weighted by Crippen LogP contribution is -2.55. The number of ether oxygens (including phenoxy) is 1. The minimum Gasteiger partial charge on any atom is -0.375 e. The Labute approximate surface area is 134 Å². The highest BCUT2D eigenvalue weighted by atomic mass is 16.5. The van der Waals surface area contributed by atoms with Crippen molar-refractivity contribution in [1.82, 2.24) is 4.90 Å². The number of hydrogen-bond donors (Lipinski definition) is 1. The zero-order valence-electron chi connectivity index (χ0n) is 14.1. The molecule has 22 heavy (non-hydrogen) atoms. The Hall–Kier alpha value is -0.610. The first kappa shape index (κ1) is 16.3. The number of carbonyl (C=O) groups is 1. The van der Waals surface area contributed by atoms with Gasteiger partial charge in [0.05, 0.1) is 18.1 Å². The molecule has 126 valence electrons. The van der Waals surface area contributed by atoms with Crippen LogP contribution in [0.3, 0.4) is 0 Å². The Morgan fingerprint density at radius 1 is 1.00 bits per heavy atom. The van der Waals surface area contributed by atoms with Crippen molar-refractivity contribution in [3.05, 3.63) is 0 Å². The summed E-state index contributed by atoms with van der Waals surface area (Å²) in [6.45, 7) is 3.76. The summed E-state index contributed by atoms with van der Waals surface area (Å²) in [5.41, 5.74) is 6.08. The van der Waals surface area contributed by atoms with Gasteiger partial charge in [-0.3, -0.25) is 4.79 Å². The summed E-state index contributed by atoms with van der Waals surface area (Å²) in [5.74, 6) is 0.317. The number of carbonyl (C=O) groups excluding carboxylic acids is 1. The Morgan fingerprint density at radius 3 is 2.23 bits per heavy atom. The third kappa shape index (κ3) is 3.65. The van der Waals surface area contributed by atoms with E-state index in [1.807, 2.05) is 0 Å². The zero-order valence-corrected chi connectivity index (χ0v) is 14.1. The Balaban J connectivity index is 1.49. The lowest BCUT2D eigenvalue weighted by molar-refractivity contribution is -0.142. The van der Waals surface area contributed by atoms with E-state index >= 15 is 0 Å². The van der Waals surface area contributed by atoms with E-state index in [0.717, 1.165) is 51.6 Å². The van der Waals surface area contributed by atoms with E-state index in [1.54, 1.807) is 0 Å². The molecule has 0 bridgehead atoms. The fraction of sp³-hybridized carbons (Fsp3) is 0.944. The molecule has 3 aliphatic rings. The van der Waals surface area contributed by atoms with Gasteiger partial charge in [-0.15, -0.1) is 0 Å². The van der Waals surface area contributed by atoms with Gasteiger partial charge in [0, 0.05) is 18.6 Å². The van der Waals surface area contributed by atoms with Crippen LogP contribution < -0.4 is 5.73 Å². The molecule has 0 aromatic rings. The molecule has 2 aliphatic carbocycles. The highest BCUT2D eigenvalue weighted by Gasteiger charge is 2.40. The molecule has 1 aliphatic heterocycles. The smallest absolute Gasteiger partial charge is 0.227 e. The maximum absolute atomic E-state index is 12.8. The third-order valence-electron chi connectivity index (χ3n) is 5.99. The van der Waals surface area contributed by atoms with E-state index in [2.05, 4.69) is 11.8 Å². The highest BCUT2D eigenvalue weighted by molar-refractivity contribution is 5.80. The minimum absolute atomic E-state index is 0.0218. The Bertz CT molecular complexity index is 383. The van der Waals surface area contributed by atoms with Gasteiger partial charge in [-0.25, -0.2) is 0 Å². The summed E-state index contributed by atoms with van der Waals surface area (Å²) in [6.07, 6.45) is 12.2. The summed E-state index contributed by atoms with van der Waals surface area (Å²) in [4.78, 5) is 14.9. The topological polar surface area (TPSA) is 55.6 Å². The molecule has 0 radical (unpaired) electrons. The first-order valence-electron chi connectivity index (χ1n) is 9.29. The predicted octanol–water partition coefficient (Wildman–Crippen LogP) is 2.84. The van der Waals surface area contributed by atoms with Gasteiger partial charge in [0.15, 0.2) is 0 Å². The van der Waals surface area contributed by atoms with Crippen molar-refractivity contribution in [2.24, 2.45) is 11.7 Å². The fourth-order valence-corrected chi connectivity index (χ4v) is 4.49. The highest BCUT2D eigenvalue weighted by Crippen LogP contribution is 2.34. The number of nitrogens with two attached hydrogens (primary N) is 1. The molecule has 3 fully saturated rings. The number of amides is 1. The molecular formula is C18H32N2O2. The van der Waals surface area contributed by atoms with Crippen molar-refractivity contribution in [1.29, 1.82) is 0 Å². The van der Waals surface area contributed by atoms with Crippen molar-refractivity contribution >= 4 is 5.91 Å². The van der Waals surface area contributed by atoms with E-state index in [9.17, 15) is 4.79 Å². The van der Waals surface area contributed by atoms with Crippen LogP contribution in [-0.2, 0) is 9.53 Å². The first-order valence-corrected chi connectivity index (χ1v) is 9.29. The van der Waals surface area contributed by atoms with Crippen molar-refractivity contribution in [2.45, 2.75) is 88.9 Å². The van der Waals surface area contributed by atoms with E-state index in [-0.39, 0.29) is 11.5 Å². The minimum atomic E-state index is -0.313. The molecule has 1 saturated heterocycles. The first-order chi connectivity index (χ1) is 10.6. The molecule has 2 unspecified atom stereocenters. The Morgan fingerprint density at radius 2 is 1.59 bits per heavy atom. The predicted molar refractivity (Wildman–Crippen MR) is 87.5 cm³/mol. The van der Waals surface area contributed by atoms with Crippen LogP contribution in [0.5, 0.6) is 0 Å². The van der Waals surface area contributed by atoms with Crippen LogP contribution in [0.4, 0.5) is 0 Å². The molecule has 2 N–H and O–H groups in total. The fourth-order valence-electron chi connectivity index (χ4n) is 4.49. The quantitative estimate of drug-likeness (QED) is 0.872. The number of nitrogens with zero attached hydrogens (tertiary/aromatic N) is 1. The standard InChI is InChI=1S/C18H32N2O2/c1-18(19)11-5-4-8-16(18)17(21)20-12-9-15(10-13-20)22-14-6-2-3-7-14/h14-16H,2-13,19H2,1H3. The number of rotatable bonds is 3. The Kier molecular flexibility index (Phi) is 5.08. The average Bonchev–Trinajstić information content (AvgIpc) is 3.00. The molecule has 4 heteroatoms. The van der Waals surface area contributed by atoms with Crippen LogP contribution in [0, 0.1) is 5.92 Å². The molecule has 0 aromatic carbocycles. The van der Waals surface area contributed by atoms with E-state index in [0.29, 0.717) is 18.1 Å². The second-order valence-corrected chi connectivity index (χ2v) is 7.87. The van der Waals surface area contributed by atoms with Crippen LogP contribution in [0.15, 0.2) is 0 Å². The van der Waals surface area contributed by atoms with Crippen molar-refractivity contribution in [3.8, 4) is 0 Å². The largest absolute Gasteiger partial charge is 0.375 e. The molecule has 2 atom stereocenters. The molecule has 1 heterocycles. The van der Waals surface area contributed by atoms with Gasteiger partial charge in [-0.05, 0) is 45.4 Å². The molecule has 0 aromatic heterocycles. The van der Waals surface area contributed by atoms with Crippen LogP contribution in [0.1, 0.15) is 71.1 Å². The zero-order chi connectivity index (χ0) is 15.6. The summed E-state index contributed by atoms with van der Waals surface area (Å²) >= 11 is 0. The van der Waals surface area contributed by atoms with Crippen LogP contribution >= 0.6 is 0 Å². The van der Waals surface area contributed by atoms with Crippen LogP contribution in [0.2, 0.25) is 0 Å². The third-order valence-corrected chi connectivity index (χ3v) is 5.99. The number of piperidine rings is 1. The van der Waals surface area contributed by atoms with Gasteiger partial charge in [0.25, 0.3) is 0 Å².